The van der Waals surface area contributed by atoms with Gasteiger partial charge in [-0.25, -0.2) is 0 Å². The Kier molecular flexibility index (Phi) is 54.6. The lowest BCUT2D eigenvalue weighted by molar-refractivity contribution is -0.140. The van der Waals surface area contributed by atoms with E-state index in [9.17, 15) is 9.59 Å². The molecule has 2 aliphatic carbocycles. The number of para-hydroxylation sites is 1. The second-order valence-electron chi connectivity index (χ2n) is 20.3. The van der Waals surface area contributed by atoms with Crippen molar-refractivity contribution in [1.82, 2.24) is 5.01 Å². The van der Waals surface area contributed by atoms with Crippen LogP contribution in [0.3, 0.4) is 0 Å². The zero-order valence-electron chi connectivity index (χ0n) is 54.2. The topological polar surface area (TPSA) is 215 Å². The van der Waals surface area contributed by atoms with Gasteiger partial charge in [-0.3, -0.25) is 24.4 Å². The van der Waals surface area contributed by atoms with Crippen LogP contribution in [0.2, 0.25) is 0 Å². The Labute approximate surface area is 536 Å². The van der Waals surface area contributed by atoms with E-state index >= 15 is 0 Å². The van der Waals surface area contributed by atoms with Gasteiger partial charge in [0.2, 0.25) is 0 Å². The van der Waals surface area contributed by atoms with E-state index in [2.05, 4.69) is 67.7 Å². The molecule has 18 heteroatoms. The van der Waals surface area contributed by atoms with Crippen molar-refractivity contribution in [3.63, 3.8) is 0 Å². The fourth-order valence-corrected chi connectivity index (χ4v) is 9.78. The molecule has 89 heavy (non-hydrogen) atoms. The second kappa shape index (κ2) is 58.2. The lowest BCUT2D eigenvalue weighted by Crippen LogP contribution is -2.24. The molecule has 0 radical (unpaired) electrons. The molecule has 0 saturated heterocycles. The van der Waals surface area contributed by atoms with Crippen LogP contribution in [0, 0.1) is 17.8 Å². The highest BCUT2D eigenvalue weighted by atomic mass is 32.2. The average Bonchev–Trinajstić information content (AvgIpc) is 3.44. The third-order valence-corrected chi connectivity index (χ3v) is 14.7. The van der Waals surface area contributed by atoms with Crippen LogP contribution in [-0.2, 0) is 38.2 Å². The molecule has 0 atom stereocenters. The molecule has 0 aliphatic heterocycles. The van der Waals surface area contributed by atoms with Crippen LogP contribution in [0.4, 0.5) is 5.69 Å². The van der Waals surface area contributed by atoms with E-state index in [1.807, 2.05) is 92.2 Å². The Morgan fingerprint density at radius 1 is 0.640 bits per heavy atom. The number of hydrogen-bond donors (Lipinski definition) is 1. The van der Waals surface area contributed by atoms with Crippen molar-refractivity contribution in [1.29, 1.82) is 0 Å². The van der Waals surface area contributed by atoms with E-state index in [4.69, 9.17) is 57.4 Å². The summed E-state index contributed by atoms with van der Waals surface area (Å²) in [6, 6.07) is 29.5. The highest BCUT2D eigenvalue weighted by Gasteiger charge is 2.26. The first kappa shape index (κ1) is 83.6. The molecule has 492 valence electrons. The SMILES string of the molecule is C=CC=O.C=CC=O.C=Nc1ccccc1SCN(CC(=C)C)/N=C/c1cc(OC)ccc1OC.C=O.C=O.CO.COCCCCCCOc1ccc(C2CCC(C=O)CC2)cc1.COCCCCCCOc1ccc(OC(=O)C2CCC(C)CC2)cc1. The summed E-state index contributed by atoms with van der Waals surface area (Å²) in [5.41, 5.74) is 4.14. The van der Waals surface area contributed by atoms with Crippen LogP contribution in [0.1, 0.15) is 134 Å². The maximum Gasteiger partial charge on any atom is 0.314 e. The standard InChI is InChI=1S/C21H25N3O2S.C21H32O4.C20H30O3.2C3H4O.CH4O.2CH2O/c1-16(2)14-24(15-27-21-9-7-6-8-19(21)22-3)23-13-17-12-18(25-4)10-11-20(17)26-5;1-17-7-9-18(10-8-17)21(22)25-20-13-11-19(12-14-20)24-16-6-4-3-5-15-23-2;1-22-14-4-2-3-5-15-23-20-12-10-19(11-13-20)18-8-6-17(16-21)7-9-18;2*1-2-3-4;3*1-2/h6-13H,1,3,14-15H2,2,4-5H3;11-14,17-18H,3-10,15-16H2,1-2H3;10-13,16-18H,2-9,14-15H2,1H3;2*2-3H,1H2;2H,1H3;2*1H2/b23-13+;;;;;;;. The van der Waals surface area contributed by atoms with Gasteiger partial charge in [-0.05, 0) is 200 Å². The fourth-order valence-electron chi connectivity index (χ4n) is 8.88. The van der Waals surface area contributed by atoms with Crippen LogP contribution < -0.4 is 23.7 Å². The predicted molar refractivity (Wildman–Crippen MR) is 362 cm³/mol. The minimum Gasteiger partial charge on any atom is -0.497 e. The van der Waals surface area contributed by atoms with Gasteiger partial charge in [0.15, 0.2) is 0 Å². The van der Waals surface area contributed by atoms with Crippen molar-refractivity contribution >= 4 is 68.8 Å². The molecule has 1 N–H and O–H groups in total. The van der Waals surface area contributed by atoms with Gasteiger partial charge in [-0.2, -0.15) is 5.10 Å². The average molecular weight is 1250 g/mol. The van der Waals surface area contributed by atoms with Gasteiger partial charge in [0.25, 0.3) is 0 Å². The van der Waals surface area contributed by atoms with Crippen LogP contribution in [0.15, 0.2) is 143 Å². The number of ether oxygens (including phenoxy) is 7. The molecule has 0 unspecified atom stereocenters. The van der Waals surface area contributed by atoms with Crippen LogP contribution in [0.5, 0.6) is 28.7 Å². The first-order valence-corrected chi connectivity index (χ1v) is 31.0. The number of rotatable bonds is 32. The Hall–Kier alpha value is -7.51. The summed E-state index contributed by atoms with van der Waals surface area (Å²) in [6.07, 6.45) is 24.2. The molecule has 0 bridgehead atoms. The van der Waals surface area contributed by atoms with Gasteiger partial charge in [0.05, 0.1) is 57.7 Å². The normalized spacial score (nSPS) is 15.0. The number of hydrazone groups is 1. The predicted octanol–water partition coefficient (Wildman–Crippen LogP) is 14.7. The largest absolute Gasteiger partial charge is 0.497 e. The molecule has 4 aromatic rings. The van der Waals surface area contributed by atoms with Crippen molar-refractivity contribution in [2.75, 3.05) is 74.4 Å². The number of allylic oxidation sites excluding steroid dienone is 2. The van der Waals surface area contributed by atoms with E-state index in [-0.39, 0.29) is 17.8 Å². The van der Waals surface area contributed by atoms with Gasteiger partial charge >= 0.3 is 5.97 Å². The number of unbranched alkanes of at least 4 members (excludes halogenated alkanes) is 6. The number of hydrogen-bond acceptors (Lipinski definition) is 18. The van der Waals surface area contributed by atoms with Crippen LogP contribution in [0.25, 0.3) is 0 Å². The number of aliphatic hydroxyl groups is 1. The van der Waals surface area contributed by atoms with Crippen molar-refractivity contribution in [3.05, 3.63) is 140 Å². The number of aliphatic imine (C=N–C) groups is 1. The Bertz CT molecular complexity index is 2470. The molecule has 17 nitrogen and oxygen atoms in total. The minimum atomic E-state index is -0.0865. The zero-order chi connectivity index (χ0) is 66.7. The minimum absolute atomic E-state index is 0.0604. The lowest BCUT2D eigenvalue weighted by Gasteiger charge is -2.25. The number of aldehydes is 3. The smallest absolute Gasteiger partial charge is 0.314 e. The molecular formula is C71H103N3O14S. The number of aliphatic hydroxyl groups excluding tert-OH is 1. The third-order valence-electron chi connectivity index (χ3n) is 13.6. The summed E-state index contributed by atoms with van der Waals surface area (Å²) in [5.74, 6) is 6.15. The number of carbonyl (C=O) groups excluding carboxylic acids is 6. The van der Waals surface area contributed by atoms with Crippen molar-refractivity contribution in [3.8, 4) is 28.7 Å². The molecule has 0 heterocycles. The zero-order valence-corrected chi connectivity index (χ0v) is 55.1. The monoisotopic (exact) mass is 1250 g/mol. The van der Waals surface area contributed by atoms with E-state index in [1.54, 1.807) is 46.4 Å². The molecule has 2 aliphatic rings. The Morgan fingerprint density at radius 3 is 1.58 bits per heavy atom. The molecule has 0 spiro atoms. The maximum absolute atomic E-state index is 12.2. The molecule has 6 rings (SSSR count). The highest BCUT2D eigenvalue weighted by molar-refractivity contribution is 7.99. The maximum atomic E-state index is 12.2. The number of methoxy groups -OCH3 is 4. The number of esters is 1. The Morgan fingerprint density at radius 2 is 1.12 bits per heavy atom. The second-order valence-corrected chi connectivity index (χ2v) is 21.3. The van der Waals surface area contributed by atoms with Crippen molar-refractivity contribution in [2.24, 2.45) is 27.8 Å². The van der Waals surface area contributed by atoms with Crippen molar-refractivity contribution < 1.29 is 67.0 Å². The molecule has 2 fully saturated rings. The van der Waals surface area contributed by atoms with E-state index in [0.717, 1.165) is 167 Å². The molecular weight excluding hydrogens is 1150 g/mol. The quantitative estimate of drug-likeness (QED) is 0.00460. The van der Waals surface area contributed by atoms with Gasteiger partial charge in [-0.15, -0.1) is 11.8 Å². The summed E-state index contributed by atoms with van der Waals surface area (Å²) >= 11 is 1.66. The number of nitrogens with zero attached hydrogens (tertiary/aromatic N) is 3. The van der Waals surface area contributed by atoms with Crippen molar-refractivity contribution in [2.45, 2.75) is 127 Å². The summed E-state index contributed by atoms with van der Waals surface area (Å²) in [7, 11) is 7.76. The lowest BCUT2D eigenvalue weighted by atomic mass is 9.79. The highest BCUT2D eigenvalue weighted by Crippen LogP contribution is 2.36. The first-order chi connectivity index (χ1) is 43.4. The number of thioether (sulfide) groups is 1. The molecule has 0 aromatic heterocycles. The summed E-state index contributed by atoms with van der Waals surface area (Å²) in [4.78, 5) is 62.3. The van der Waals surface area contributed by atoms with E-state index in [1.165, 1.54) is 37.0 Å². The fraction of sp³-hybridized carbons (Fsp3) is 0.465. The van der Waals surface area contributed by atoms with Crippen LogP contribution in [-0.4, -0.2) is 136 Å². The molecule has 4 aromatic carbocycles. The molecule has 0 amide bonds. The molecule has 2 saturated carbocycles. The van der Waals surface area contributed by atoms with Gasteiger partial charge in [0.1, 0.15) is 61.2 Å². The summed E-state index contributed by atoms with van der Waals surface area (Å²) < 4.78 is 37.8. The number of benzene rings is 4. The summed E-state index contributed by atoms with van der Waals surface area (Å²) in [5, 5.41) is 13.6. The Balaban J connectivity index is 0. The van der Waals surface area contributed by atoms with E-state index < -0.39 is 0 Å². The van der Waals surface area contributed by atoms with Gasteiger partial charge < -0.3 is 52.6 Å². The van der Waals surface area contributed by atoms with Crippen LogP contribution >= 0.6 is 11.8 Å². The third kappa shape index (κ3) is 40.6. The van der Waals surface area contributed by atoms with Gasteiger partial charge in [0, 0.05) is 50.9 Å². The van der Waals surface area contributed by atoms with E-state index in [0.29, 0.717) is 43.3 Å². The first-order valence-electron chi connectivity index (χ1n) is 30.0. The van der Waals surface area contributed by atoms with Gasteiger partial charge in [-0.1, -0.05) is 69.3 Å². The number of carbonyl (C=O) groups is 6. The summed E-state index contributed by atoms with van der Waals surface area (Å²) in [6.45, 7) is 25.9.